The molecule has 1 amide bonds. The van der Waals surface area contributed by atoms with Gasteiger partial charge in [-0.25, -0.2) is 0 Å². The molecule has 1 heterocycles. The molecular formula is C20H24N2O. The van der Waals surface area contributed by atoms with Gasteiger partial charge in [0.15, 0.2) is 0 Å². The third-order valence-electron chi connectivity index (χ3n) is 4.41. The van der Waals surface area contributed by atoms with Crippen molar-refractivity contribution < 1.29 is 4.79 Å². The number of amides is 1. The van der Waals surface area contributed by atoms with Crippen LogP contribution < -0.4 is 10.2 Å². The van der Waals surface area contributed by atoms with Gasteiger partial charge in [0.25, 0.3) is 0 Å². The van der Waals surface area contributed by atoms with Gasteiger partial charge in [0, 0.05) is 24.5 Å². The smallest absolute Gasteiger partial charge is 0.228 e. The number of aryl methyl sites for hydroxylation is 2. The molecule has 1 fully saturated rings. The minimum atomic E-state index is 0.0298. The second-order valence-corrected chi connectivity index (χ2v) is 6.41. The van der Waals surface area contributed by atoms with Crippen LogP contribution in [0.25, 0.3) is 0 Å². The number of anilines is 2. The van der Waals surface area contributed by atoms with Crippen LogP contribution >= 0.6 is 0 Å². The fraction of sp³-hybridized carbons (Fsp3) is 0.350. The van der Waals surface area contributed by atoms with Crippen molar-refractivity contribution >= 4 is 17.3 Å². The zero-order valence-electron chi connectivity index (χ0n) is 13.9. The van der Waals surface area contributed by atoms with E-state index in [4.69, 9.17) is 0 Å². The standard InChI is InChI=1S/C20H24N2O/c1-15-5-7-17(8-6-15)14-20(23)21-18-9-10-19(16(2)13-18)22-11-3-4-12-22/h5-10,13H,3-4,11-12,14H2,1-2H3,(H,21,23). The van der Waals surface area contributed by atoms with Gasteiger partial charge in [0.1, 0.15) is 0 Å². The summed E-state index contributed by atoms with van der Waals surface area (Å²) in [6.07, 6.45) is 2.95. The summed E-state index contributed by atoms with van der Waals surface area (Å²) in [5, 5.41) is 3.01. The van der Waals surface area contributed by atoms with Crippen LogP contribution in [0.1, 0.15) is 29.5 Å². The molecule has 1 N–H and O–H groups in total. The zero-order valence-corrected chi connectivity index (χ0v) is 13.9. The van der Waals surface area contributed by atoms with Gasteiger partial charge in [-0.2, -0.15) is 0 Å². The van der Waals surface area contributed by atoms with Crippen LogP contribution in [0, 0.1) is 13.8 Å². The predicted octanol–water partition coefficient (Wildman–Crippen LogP) is 4.08. The second kappa shape index (κ2) is 6.86. The Bertz CT molecular complexity index is 685. The fourth-order valence-corrected chi connectivity index (χ4v) is 3.14. The minimum Gasteiger partial charge on any atom is -0.371 e. The van der Waals surface area contributed by atoms with Gasteiger partial charge in [0.2, 0.25) is 5.91 Å². The van der Waals surface area contributed by atoms with E-state index in [1.54, 1.807) is 0 Å². The van der Waals surface area contributed by atoms with Gasteiger partial charge in [-0.15, -0.1) is 0 Å². The molecule has 3 rings (SSSR count). The van der Waals surface area contributed by atoms with E-state index in [9.17, 15) is 4.79 Å². The van der Waals surface area contributed by atoms with E-state index < -0.39 is 0 Å². The Hall–Kier alpha value is -2.29. The zero-order chi connectivity index (χ0) is 16.2. The average Bonchev–Trinajstić information content (AvgIpc) is 3.04. The Kier molecular flexibility index (Phi) is 4.65. The number of benzene rings is 2. The lowest BCUT2D eigenvalue weighted by Crippen LogP contribution is -2.19. The van der Waals surface area contributed by atoms with Crippen LogP contribution in [0.5, 0.6) is 0 Å². The van der Waals surface area contributed by atoms with Gasteiger partial charge in [-0.05, 0) is 56.0 Å². The topological polar surface area (TPSA) is 32.3 Å². The van der Waals surface area contributed by atoms with Gasteiger partial charge < -0.3 is 10.2 Å². The molecule has 1 saturated heterocycles. The van der Waals surface area contributed by atoms with Gasteiger partial charge in [-0.3, -0.25) is 4.79 Å². The van der Waals surface area contributed by atoms with Gasteiger partial charge in [-0.1, -0.05) is 29.8 Å². The predicted molar refractivity (Wildman–Crippen MR) is 96.1 cm³/mol. The monoisotopic (exact) mass is 308 g/mol. The average molecular weight is 308 g/mol. The summed E-state index contributed by atoms with van der Waals surface area (Å²) in [6, 6.07) is 14.3. The number of hydrogen-bond donors (Lipinski definition) is 1. The van der Waals surface area contributed by atoms with E-state index in [1.807, 2.05) is 30.3 Å². The highest BCUT2D eigenvalue weighted by atomic mass is 16.1. The summed E-state index contributed by atoms with van der Waals surface area (Å²) in [6.45, 7) is 6.44. The third kappa shape index (κ3) is 3.92. The molecule has 0 aromatic heterocycles. The Balaban J connectivity index is 1.64. The Morgan fingerprint density at radius 2 is 1.74 bits per heavy atom. The second-order valence-electron chi connectivity index (χ2n) is 6.41. The van der Waals surface area contributed by atoms with E-state index in [-0.39, 0.29) is 5.91 Å². The molecule has 0 bridgehead atoms. The molecule has 3 heteroatoms. The lowest BCUT2D eigenvalue weighted by molar-refractivity contribution is -0.115. The maximum absolute atomic E-state index is 12.2. The maximum atomic E-state index is 12.2. The molecular weight excluding hydrogens is 284 g/mol. The van der Waals surface area contributed by atoms with Crippen molar-refractivity contribution in [1.82, 2.24) is 0 Å². The first-order valence-electron chi connectivity index (χ1n) is 8.33. The molecule has 0 aliphatic carbocycles. The maximum Gasteiger partial charge on any atom is 0.228 e. The summed E-state index contributed by atoms with van der Waals surface area (Å²) in [7, 11) is 0. The Labute approximate surface area is 138 Å². The third-order valence-corrected chi connectivity index (χ3v) is 4.41. The first kappa shape index (κ1) is 15.6. The van der Waals surface area contributed by atoms with Crippen molar-refractivity contribution in [2.75, 3.05) is 23.3 Å². The lowest BCUT2D eigenvalue weighted by Gasteiger charge is -2.20. The molecule has 0 atom stereocenters. The van der Waals surface area contributed by atoms with Crippen LogP contribution in [0.4, 0.5) is 11.4 Å². The Morgan fingerprint density at radius 1 is 1.04 bits per heavy atom. The van der Waals surface area contributed by atoms with Crippen molar-refractivity contribution in [3.05, 3.63) is 59.2 Å². The summed E-state index contributed by atoms with van der Waals surface area (Å²) >= 11 is 0. The van der Waals surface area contributed by atoms with E-state index in [1.165, 1.54) is 29.7 Å². The number of hydrogen-bond acceptors (Lipinski definition) is 2. The van der Waals surface area contributed by atoms with E-state index in [0.717, 1.165) is 24.3 Å². The summed E-state index contributed by atoms with van der Waals surface area (Å²) < 4.78 is 0. The molecule has 120 valence electrons. The van der Waals surface area contributed by atoms with E-state index in [0.29, 0.717) is 6.42 Å². The number of carbonyl (C=O) groups is 1. The molecule has 2 aromatic carbocycles. The van der Waals surface area contributed by atoms with Gasteiger partial charge in [0.05, 0.1) is 6.42 Å². The van der Waals surface area contributed by atoms with Crippen molar-refractivity contribution in [3.8, 4) is 0 Å². The lowest BCUT2D eigenvalue weighted by atomic mass is 10.1. The molecule has 1 aliphatic heterocycles. The van der Waals surface area contributed by atoms with Crippen molar-refractivity contribution in [2.45, 2.75) is 33.1 Å². The quantitative estimate of drug-likeness (QED) is 0.923. The number of carbonyl (C=O) groups excluding carboxylic acids is 1. The fourth-order valence-electron chi connectivity index (χ4n) is 3.14. The summed E-state index contributed by atoms with van der Waals surface area (Å²) in [5.74, 6) is 0.0298. The molecule has 2 aromatic rings. The van der Waals surface area contributed by atoms with E-state index in [2.05, 4.69) is 36.2 Å². The highest BCUT2D eigenvalue weighted by molar-refractivity contribution is 5.92. The molecule has 3 nitrogen and oxygen atoms in total. The number of nitrogens with zero attached hydrogens (tertiary/aromatic N) is 1. The van der Waals surface area contributed by atoms with Crippen molar-refractivity contribution in [3.63, 3.8) is 0 Å². The van der Waals surface area contributed by atoms with Crippen LogP contribution in [0.3, 0.4) is 0 Å². The molecule has 0 radical (unpaired) electrons. The van der Waals surface area contributed by atoms with Crippen LogP contribution in [-0.4, -0.2) is 19.0 Å². The van der Waals surface area contributed by atoms with Crippen LogP contribution in [-0.2, 0) is 11.2 Å². The molecule has 1 aliphatic rings. The largest absolute Gasteiger partial charge is 0.371 e. The van der Waals surface area contributed by atoms with Crippen LogP contribution in [0.15, 0.2) is 42.5 Å². The number of rotatable bonds is 4. The highest BCUT2D eigenvalue weighted by Gasteiger charge is 2.14. The molecule has 0 saturated carbocycles. The van der Waals surface area contributed by atoms with Crippen molar-refractivity contribution in [2.24, 2.45) is 0 Å². The SMILES string of the molecule is Cc1ccc(CC(=O)Nc2ccc(N3CCCC3)c(C)c2)cc1. The van der Waals surface area contributed by atoms with E-state index >= 15 is 0 Å². The minimum absolute atomic E-state index is 0.0298. The summed E-state index contributed by atoms with van der Waals surface area (Å²) in [5.41, 5.74) is 5.64. The number of nitrogens with one attached hydrogen (secondary N) is 1. The first-order chi connectivity index (χ1) is 11.1. The normalized spacial score (nSPS) is 14.1. The first-order valence-corrected chi connectivity index (χ1v) is 8.33. The molecule has 0 unspecified atom stereocenters. The van der Waals surface area contributed by atoms with Gasteiger partial charge >= 0.3 is 0 Å². The van der Waals surface area contributed by atoms with Crippen molar-refractivity contribution in [1.29, 1.82) is 0 Å². The Morgan fingerprint density at radius 3 is 2.39 bits per heavy atom. The molecule has 23 heavy (non-hydrogen) atoms. The highest BCUT2D eigenvalue weighted by Crippen LogP contribution is 2.26. The van der Waals surface area contributed by atoms with Crippen LogP contribution in [0.2, 0.25) is 0 Å². The molecule has 0 spiro atoms. The summed E-state index contributed by atoms with van der Waals surface area (Å²) in [4.78, 5) is 14.6.